The summed E-state index contributed by atoms with van der Waals surface area (Å²) >= 11 is 7.70. The number of carbonyl (C=O) groups excluding carboxylic acids is 1. The molecule has 0 aliphatic carbocycles. The molecule has 4 heteroatoms. The molecular weight excluding hydrogens is 302 g/mol. The lowest BCUT2D eigenvalue weighted by molar-refractivity contribution is -0.130. The molecule has 0 saturated carbocycles. The van der Waals surface area contributed by atoms with Gasteiger partial charge in [-0.1, -0.05) is 23.7 Å². The Morgan fingerprint density at radius 3 is 3.05 bits per heavy atom. The summed E-state index contributed by atoms with van der Waals surface area (Å²) < 4.78 is 0. The Balaban J connectivity index is 1.52. The maximum Gasteiger partial charge on any atom is 0.222 e. The zero-order chi connectivity index (χ0) is 14.7. The smallest absolute Gasteiger partial charge is 0.222 e. The Kier molecular flexibility index (Phi) is 4.61. The third-order valence-corrected chi connectivity index (χ3v) is 5.01. The first-order valence-electron chi connectivity index (χ1n) is 7.26. The van der Waals surface area contributed by atoms with Crippen molar-refractivity contribution in [3.63, 3.8) is 0 Å². The van der Waals surface area contributed by atoms with Gasteiger partial charge < -0.3 is 4.90 Å². The number of hydrogen-bond donors (Lipinski definition) is 0. The molecule has 1 unspecified atom stereocenters. The molecule has 0 spiro atoms. The summed E-state index contributed by atoms with van der Waals surface area (Å²) in [7, 11) is 0. The van der Waals surface area contributed by atoms with Gasteiger partial charge in [-0.2, -0.15) is 11.3 Å². The van der Waals surface area contributed by atoms with E-state index in [1.807, 2.05) is 29.2 Å². The highest BCUT2D eigenvalue weighted by molar-refractivity contribution is 7.07. The van der Waals surface area contributed by atoms with Crippen molar-refractivity contribution in [3.8, 4) is 0 Å². The monoisotopic (exact) mass is 319 g/mol. The molecule has 0 bridgehead atoms. The molecule has 1 aromatic heterocycles. The van der Waals surface area contributed by atoms with Crippen LogP contribution in [0, 0.1) is 0 Å². The first kappa shape index (κ1) is 14.6. The van der Waals surface area contributed by atoms with Gasteiger partial charge in [0.15, 0.2) is 0 Å². The molecule has 1 atom stereocenters. The predicted molar refractivity (Wildman–Crippen MR) is 88.0 cm³/mol. The summed E-state index contributed by atoms with van der Waals surface area (Å²) in [6.07, 6.45) is 2.41. The molecular formula is C17H18ClNOS. The molecule has 1 saturated heterocycles. The van der Waals surface area contributed by atoms with Gasteiger partial charge in [0.1, 0.15) is 0 Å². The van der Waals surface area contributed by atoms with Gasteiger partial charge in [-0.15, -0.1) is 0 Å². The van der Waals surface area contributed by atoms with Crippen LogP contribution < -0.4 is 0 Å². The first-order valence-corrected chi connectivity index (χ1v) is 8.59. The van der Waals surface area contributed by atoms with Crippen LogP contribution in [0.25, 0.3) is 0 Å². The lowest BCUT2D eigenvalue weighted by Gasteiger charge is -2.16. The molecule has 3 rings (SSSR count). The number of likely N-dealkylation sites (tertiary alicyclic amines) is 1. The van der Waals surface area contributed by atoms with E-state index < -0.39 is 0 Å². The summed E-state index contributed by atoms with van der Waals surface area (Å²) in [6, 6.07) is 9.93. The number of hydrogen-bond acceptors (Lipinski definition) is 2. The Bertz CT molecular complexity index is 611. The SMILES string of the molecule is O=C(CCc1cccc(Cl)c1)N1CCC(c2ccsc2)C1. The topological polar surface area (TPSA) is 20.3 Å². The van der Waals surface area contributed by atoms with Crippen molar-refractivity contribution >= 4 is 28.8 Å². The van der Waals surface area contributed by atoms with Gasteiger partial charge in [0.2, 0.25) is 5.91 Å². The average Bonchev–Trinajstić information content (AvgIpc) is 3.15. The molecule has 1 amide bonds. The zero-order valence-electron chi connectivity index (χ0n) is 11.8. The maximum atomic E-state index is 12.3. The first-order chi connectivity index (χ1) is 10.2. The van der Waals surface area contributed by atoms with Crippen LogP contribution in [0.3, 0.4) is 0 Å². The molecule has 2 nitrogen and oxygen atoms in total. The van der Waals surface area contributed by atoms with Crippen LogP contribution in [-0.2, 0) is 11.2 Å². The molecule has 110 valence electrons. The summed E-state index contributed by atoms with van der Waals surface area (Å²) in [5, 5.41) is 5.04. The van der Waals surface area contributed by atoms with Crippen molar-refractivity contribution in [2.24, 2.45) is 0 Å². The fraction of sp³-hybridized carbons (Fsp3) is 0.353. The fourth-order valence-electron chi connectivity index (χ4n) is 2.87. The second kappa shape index (κ2) is 6.63. The molecule has 2 heterocycles. The van der Waals surface area contributed by atoms with E-state index in [4.69, 9.17) is 11.6 Å². The minimum Gasteiger partial charge on any atom is -0.342 e. The van der Waals surface area contributed by atoms with Crippen molar-refractivity contribution in [3.05, 3.63) is 57.2 Å². The summed E-state index contributed by atoms with van der Waals surface area (Å²) in [6.45, 7) is 1.75. The van der Waals surface area contributed by atoms with E-state index in [9.17, 15) is 4.79 Å². The van der Waals surface area contributed by atoms with E-state index in [0.29, 0.717) is 12.3 Å². The lowest BCUT2D eigenvalue weighted by atomic mass is 10.0. The van der Waals surface area contributed by atoms with Crippen LogP contribution in [0.1, 0.15) is 29.9 Å². The van der Waals surface area contributed by atoms with Crippen molar-refractivity contribution < 1.29 is 4.79 Å². The van der Waals surface area contributed by atoms with E-state index in [1.54, 1.807) is 11.3 Å². The van der Waals surface area contributed by atoms with E-state index in [1.165, 1.54) is 5.56 Å². The minimum absolute atomic E-state index is 0.257. The molecule has 21 heavy (non-hydrogen) atoms. The number of carbonyl (C=O) groups is 1. The minimum atomic E-state index is 0.257. The summed E-state index contributed by atoms with van der Waals surface area (Å²) in [5.41, 5.74) is 2.51. The van der Waals surface area contributed by atoms with Gasteiger partial charge in [-0.3, -0.25) is 4.79 Å². The van der Waals surface area contributed by atoms with Gasteiger partial charge in [0.25, 0.3) is 0 Å². The second-order valence-electron chi connectivity index (χ2n) is 5.51. The number of rotatable bonds is 4. The van der Waals surface area contributed by atoms with Gasteiger partial charge in [0, 0.05) is 30.5 Å². The molecule has 1 aromatic carbocycles. The van der Waals surface area contributed by atoms with Gasteiger partial charge >= 0.3 is 0 Å². The van der Waals surface area contributed by atoms with Gasteiger partial charge in [-0.05, 0) is 52.9 Å². The van der Waals surface area contributed by atoms with Crippen molar-refractivity contribution in [1.82, 2.24) is 4.90 Å². The number of halogens is 1. The average molecular weight is 320 g/mol. The zero-order valence-corrected chi connectivity index (χ0v) is 13.4. The molecule has 1 aliphatic rings. The summed E-state index contributed by atoms with van der Waals surface area (Å²) in [5.74, 6) is 0.777. The third-order valence-electron chi connectivity index (χ3n) is 4.07. The highest BCUT2D eigenvalue weighted by Crippen LogP contribution is 2.29. The quantitative estimate of drug-likeness (QED) is 0.820. The number of thiophene rings is 1. The second-order valence-corrected chi connectivity index (χ2v) is 6.73. The number of amides is 1. The van der Waals surface area contributed by atoms with Crippen LogP contribution >= 0.6 is 22.9 Å². The maximum absolute atomic E-state index is 12.3. The Morgan fingerprint density at radius 2 is 2.29 bits per heavy atom. The normalized spacial score (nSPS) is 18.1. The molecule has 0 radical (unpaired) electrons. The highest BCUT2D eigenvalue weighted by Gasteiger charge is 2.27. The number of nitrogens with zero attached hydrogens (tertiary/aromatic N) is 1. The lowest BCUT2D eigenvalue weighted by Crippen LogP contribution is -2.28. The molecule has 2 aromatic rings. The van der Waals surface area contributed by atoms with E-state index in [0.717, 1.165) is 36.5 Å². The Labute approximate surface area is 134 Å². The van der Waals surface area contributed by atoms with Crippen LogP contribution in [0.2, 0.25) is 5.02 Å². The molecule has 1 aliphatic heterocycles. The van der Waals surface area contributed by atoms with Crippen LogP contribution in [0.5, 0.6) is 0 Å². The Hall–Kier alpha value is -1.32. The number of aryl methyl sites for hydroxylation is 1. The predicted octanol–water partition coefficient (Wildman–Crippen LogP) is 4.35. The fourth-order valence-corrected chi connectivity index (χ4v) is 3.82. The van der Waals surface area contributed by atoms with Crippen molar-refractivity contribution in [2.45, 2.75) is 25.2 Å². The molecule has 0 N–H and O–H groups in total. The van der Waals surface area contributed by atoms with Crippen molar-refractivity contribution in [2.75, 3.05) is 13.1 Å². The van der Waals surface area contributed by atoms with Crippen LogP contribution in [-0.4, -0.2) is 23.9 Å². The molecule has 1 fully saturated rings. The van der Waals surface area contributed by atoms with E-state index in [-0.39, 0.29) is 5.91 Å². The van der Waals surface area contributed by atoms with Gasteiger partial charge in [0.05, 0.1) is 0 Å². The van der Waals surface area contributed by atoms with E-state index >= 15 is 0 Å². The van der Waals surface area contributed by atoms with Gasteiger partial charge in [-0.25, -0.2) is 0 Å². The largest absolute Gasteiger partial charge is 0.342 e. The van der Waals surface area contributed by atoms with E-state index in [2.05, 4.69) is 16.8 Å². The standard InChI is InChI=1S/C17H18ClNOS/c18-16-3-1-2-13(10-16)4-5-17(20)19-8-6-14(11-19)15-7-9-21-12-15/h1-3,7,9-10,12,14H,4-6,8,11H2. The summed E-state index contributed by atoms with van der Waals surface area (Å²) in [4.78, 5) is 14.3. The highest BCUT2D eigenvalue weighted by atomic mass is 35.5. The Morgan fingerprint density at radius 1 is 1.38 bits per heavy atom. The third kappa shape index (κ3) is 3.66. The van der Waals surface area contributed by atoms with Crippen molar-refractivity contribution in [1.29, 1.82) is 0 Å². The van der Waals surface area contributed by atoms with Crippen LogP contribution in [0.15, 0.2) is 41.1 Å². The van der Waals surface area contributed by atoms with Crippen LogP contribution in [0.4, 0.5) is 0 Å². The number of benzene rings is 1.